The van der Waals surface area contributed by atoms with Crippen LogP contribution in [0.15, 0.2) is 59.8 Å². The van der Waals surface area contributed by atoms with E-state index in [9.17, 15) is 9.59 Å². The molecule has 30 heavy (non-hydrogen) atoms. The molecule has 0 N–H and O–H groups in total. The van der Waals surface area contributed by atoms with Crippen LogP contribution >= 0.6 is 11.6 Å². The van der Waals surface area contributed by atoms with Crippen LogP contribution < -0.4 is 0 Å². The van der Waals surface area contributed by atoms with E-state index >= 15 is 0 Å². The van der Waals surface area contributed by atoms with Crippen molar-refractivity contribution >= 4 is 23.5 Å². The van der Waals surface area contributed by atoms with E-state index in [1.807, 2.05) is 64.1 Å². The van der Waals surface area contributed by atoms with E-state index < -0.39 is 5.92 Å². The lowest BCUT2D eigenvalue weighted by molar-refractivity contribution is -0.141. The minimum Gasteiger partial charge on any atom is -0.462 e. The summed E-state index contributed by atoms with van der Waals surface area (Å²) in [4.78, 5) is 27.9. The van der Waals surface area contributed by atoms with Gasteiger partial charge in [-0.1, -0.05) is 73.5 Å². The molecule has 4 nitrogen and oxygen atoms in total. The van der Waals surface area contributed by atoms with Gasteiger partial charge in [-0.25, -0.2) is 4.79 Å². The highest BCUT2D eigenvalue weighted by Gasteiger charge is 2.37. The second-order valence-corrected chi connectivity index (χ2v) is 8.65. The second-order valence-electron chi connectivity index (χ2n) is 8.24. The van der Waals surface area contributed by atoms with Gasteiger partial charge in [0.15, 0.2) is 0 Å². The number of amides is 1. The average molecular weight is 426 g/mol. The van der Waals surface area contributed by atoms with Gasteiger partial charge in [-0.15, -0.1) is 0 Å². The van der Waals surface area contributed by atoms with Crippen molar-refractivity contribution in [2.45, 2.75) is 46.6 Å². The lowest BCUT2D eigenvalue weighted by Gasteiger charge is -2.35. The number of carbonyl (C=O) groups is 2. The number of hydrogen-bond donors (Lipinski definition) is 0. The summed E-state index contributed by atoms with van der Waals surface area (Å²) in [6, 6.07) is 15.4. The maximum absolute atomic E-state index is 13.1. The quantitative estimate of drug-likeness (QED) is 0.563. The highest BCUT2D eigenvalue weighted by atomic mass is 35.5. The van der Waals surface area contributed by atoms with Crippen molar-refractivity contribution in [3.05, 3.63) is 81.5 Å². The highest BCUT2D eigenvalue weighted by molar-refractivity contribution is 6.31. The molecule has 1 heterocycles. The summed E-state index contributed by atoms with van der Waals surface area (Å²) in [6.45, 7) is 8.58. The van der Waals surface area contributed by atoms with E-state index in [1.54, 1.807) is 11.0 Å². The number of allylic oxidation sites excluding steroid dienone is 1. The van der Waals surface area contributed by atoms with E-state index in [2.05, 4.69) is 6.07 Å². The van der Waals surface area contributed by atoms with Gasteiger partial charge in [-0.2, -0.15) is 0 Å². The summed E-state index contributed by atoms with van der Waals surface area (Å²) in [5.74, 6) is -0.603. The van der Waals surface area contributed by atoms with Gasteiger partial charge in [0, 0.05) is 23.1 Å². The minimum atomic E-state index is -0.417. The van der Waals surface area contributed by atoms with Gasteiger partial charge in [0.25, 0.3) is 0 Å². The van der Waals surface area contributed by atoms with Crippen molar-refractivity contribution in [1.82, 2.24) is 4.90 Å². The molecule has 0 spiro atoms. The smallest absolute Gasteiger partial charge is 0.336 e. The van der Waals surface area contributed by atoms with E-state index in [4.69, 9.17) is 16.3 Å². The summed E-state index contributed by atoms with van der Waals surface area (Å²) in [5.41, 5.74) is 4.07. The molecule has 0 radical (unpaired) electrons. The Morgan fingerprint density at radius 1 is 1.17 bits per heavy atom. The number of nitrogens with zero attached hydrogens (tertiary/aromatic N) is 1. The van der Waals surface area contributed by atoms with Crippen molar-refractivity contribution in [2.24, 2.45) is 5.92 Å². The Morgan fingerprint density at radius 2 is 1.90 bits per heavy atom. The molecule has 0 bridgehead atoms. The third kappa shape index (κ3) is 4.93. The number of esters is 1. The topological polar surface area (TPSA) is 46.6 Å². The standard InChI is InChI=1S/C25H28ClNO3/c1-16(2)15-30-25(29)24-18(4)27(14-19-9-7-8-17(3)12-19)23(28)13-21(24)20-10-5-6-11-22(20)26/h5-12,16,21H,13-15H2,1-4H3. The van der Waals surface area contributed by atoms with Crippen LogP contribution in [0.2, 0.25) is 5.02 Å². The van der Waals surface area contributed by atoms with Crippen LogP contribution in [-0.4, -0.2) is 23.4 Å². The van der Waals surface area contributed by atoms with Crippen molar-refractivity contribution in [3.8, 4) is 0 Å². The van der Waals surface area contributed by atoms with Crippen molar-refractivity contribution in [3.63, 3.8) is 0 Å². The Hall–Kier alpha value is -2.59. The molecule has 1 unspecified atom stereocenters. The fourth-order valence-corrected chi connectivity index (χ4v) is 4.07. The van der Waals surface area contributed by atoms with Gasteiger partial charge < -0.3 is 9.64 Å². The first-order valence-corrected chi connectivity index (χ1v) is 10.6. The van der Waals surface area contributed by atoms with Crippen molar-refractivity contribution in [2.75, 3.05) is 6.61 Å². The maximum Gasteiger partial charge on any atom is 0.336 e. The number of benzene rings is 2. The molecule has 1 amide bonds. The van der Waals surface area contributed by atoms with E-state index in [-0.39, 0.29) is 24.2 Å². The zero-order valence-electron chi connectivity index (χ0n) is 17.9. The predicted molar refractivity (Wildman–Crippen MR) is 119 cm³/mol. The molecule has 0 saturated carbocycles. The molecule has 1 atom stereocenters. The van der Waals surface area contributed by atoms with Crippen molar-refractivity contribution in [1.29, 1.82) is 0 Å². The molecule has 0 fully saturated rings. The largest absolute Gasteiger partial charge is 0.462 e. The number of rotatable bonds is 6. The lowest BCUT2D eigenvalue weighted by Crippen LogP contribution is -2.38. The minimum absolute atomic E-state index is 0.0284. The van der Waals surface area contributed by atoms with Crippen LogP contribution in [0.4, 0.5) is 0 Å². The summed E-state index contributed by atoms with van der Waals surface area (Å²) < 4.78 is 5.58. The van der Waals surface area contributed by atoms with Crippen LogP contribution in [0, 0.1) is 12.8 Å². The molecule has 1 aliphatic heterocycles. The Bertz CT molecular complexity index is 980. The number of halogens is 1. The van der Waals surface area contributed by atoms with Crippen LogP contribution in [0.1, 0.15) is 49.8 Å². The van der Waals surface area contributed by atoms with E-state index in [1.165, 1.54) is 0 Å². The Labute approximate surface area is 183 Å². The molecule has 3 rings (SSSR count). The molecular weight excluding hydrogens is 398 g/mol. The third-order valence-electron chi connectivity index (χ3n) is 5.29. The molecule has 0 aromatic heterocycles. The van der Waals surface area contributed by atoms with Crippen LogP contribution in [0.5, 0.6) is 0 Å². The molecule has 2 aromatic carbocycles. The van der Waals surface area contributed by atoms with Crippen LogP contribution in [0.3, 0.4) is 0 Å². The summed E-state index contributed by atoms with van der Waals surface area (Å²) >= 11 is 6.43. The number of carbonyl (C=O) groups excluding carboxylic acids is 2. The summed E-state index contributed by atoms with van der Waals surface area (Å²) in [6.07, 6.45) is 0.180. The van der Waals surface area contributed by atoms with E-state index in [0.717, 1.165) is 16.7 Å². The summed E-state index contributed by atoms with van der Waals surface area (Å²) in [7, 11) is 0. The molecule has 0 saturated heterocycles. The lowest BCUT2D eigenvalue weighted by atomic mass is 9.83. The van der Waals surface area contributed by atoms with Gasteiger partial charge in [-0.3, -0.25) is 4.79 Å². The first kappa shape index (κ1) is 22.1. The fourth-order valence-electron chi connectivity index (χ4n) is 3.80. The second kappa shape index (κ2) is 9.48. The Kier molecular flexibility index (Phi) is 6.99. The normalized spacial score (nSPS) is 16.9. The zero-order valence-corrected chi connectivity index (χ0v) is 18.7. The number of ether oxygens (including phenoxy) is 1. The zero-order chi connectivity index (χ0) is 21.8. The SMILES string of the molecule is CC1=C(C(=O)OCC(C)C)C(c2ccccc2Cl)CC(=O)N1Cc1cccc(C)c1. The van der Waals surface area contributed by atoms with Gasteiger partial charge in [-0.05, 0) is 37.0 Å². The van der Waals surface area contributed by atoms with Crippen molar-refractivity contribution < 1.29 is 14.3 Å². The fraction of sp³-hybridized carbons (Fsp3) is 0.360. The summed E-state index contributed by atoms with van der Waals surface area (Å²) in [5, 5.41) is 0.546. The number of aryl methyl sites for hydroxylation is 1. The first-order chi connectivity index (χ1) is 14.3. The molecule has 2 aromatic rings. The molecular formula is C25H28ClNO3. The predicted octanol–water partition coefficient (Wildman–Crippen LogP) is 5.64. The molecule has 1 aliphatic rings. The van der Waals surface area contributed by atoms with E-state index in [0.29, 0.717) is 29.4 Å². The Balaban J connectivity index is 2.03. The average Bonchev–Trinajstić information content (AvgIpc) is 2.69. The van der Waals surface area contributed by atoms with Gasteiger partial charge in [0.1, 0.15) is 0 Å². The first-order valence-electron chi connectivity index (χ1n) is 10.3. The molecule has 158 valence electrons. The highest BCUT2D eigenvalue weighted by Crippen LogP contribution is 2.40. The van der Waals surface area contributed by atoms with Crippen LogP contribution in [0.25, 0.3) is 0 Å². The third-order valence-corrected chi connectivity index (χ3v) is 5.64. The maximum atomic E-state index is 13.1. The monoisotopic (exact) mass is 425 g/mol. The molecule has 0 aliphatic carbocycles. The Morgan fingerprint density at radius 3 is 2.57 bits per heavy atom. The van der Waals surface area contributed by atoms with Crippen LogP contribution in [-0.2, 0) is 20.9 Å². The number of hydrogen-bond acceptors (Lipinski definition) is 3. The van der Waals surface area contributed by atoms with Gasteiger partial charge in [0.05, 0.1) is 18.7 Å². The molecule has 5 heteroatoms. The van der Waals surface area contributed by atoms with Gasteiger partial charge in [0.2, 0.25) is 5.91 Å². The van der Waals surface area contributed by atoms with Gasteiger partial charge >= 0.3 is 5.97 Å².